The van der Waals surface area contributed by atoms with Gasteiger partial charge in [0.25, 0.3) is 5.91 Å². The van der Waals surface area contributed by atoms with Gasteiger partial charge in [0.15, 0.2) is 0 Å². The van der Waals surface area contributed by atoms with Gasteiger partial charge in [0.05, 0.1) is 24.3 Å². The fourth-order valence-corrected chi connectivity index (χ4v) is 5.66. The highest BCUT2D eigenvalue weighted by Gasteiger charge is 2.47. The molecular weight excluding hydrogens is 532 g/mol. The van der Waals surface area contributed by atoms with Crippen molar-refractivity contribution in [1.29, 1.82) is 0 Å². The van der Waals surface area contributed by atoms with Crippen LogP contribution in [0.15, 0.2) is 65.4 Å². The van der Waals surface area contributed by atoms with Crippen molar-refractivity contribution >= 4 is 23.6 Å². The molecule has 1 aromatic carbocycles. The Kier molecular flexibility index (Phi) is 11.3. The van der Waals surface area contributed by atoms with E-state index in [1.165, 1.54) is 5.57 Å². The molecule has 0 aromatic heterocycles. The number of esters is 1. The highest BCUT2D eigenvalue weighted by atomic mass is 16.7. The van der Waals surface area contributed by atoms with Crippen molar-refractivity contribution in [2.45, 2.75) is 92.6 Å². The Balaban J connectivity index is 1.84. The second kappa shape index (κ2) is 14.5. The van der Waals surface area contributed by atoms with Gasteiger partial charge in [0.2, 0.25) is 6.10 Å². The van der Waals surface area contributed by atoms with Crippen molar-refractivity contribution in [2.75, 3.05) is 6.61 Å². The minimum absolute atomic E-state index is 0.0233. The van der Waals surface area contributed by atoms with Gasteiger partial charge in [-0.1, -0.05) is 82.1 Å². The van der Waals surface area contributed by atoms with Crippen LogP contribution in [0.2, 0.25) is 0 Å². The number of hydroxylamine groups is 1. The maximum absolute atomic E-state index is 13.0. The smallest absolute Gasteiger partial charge is 0.363 e. The van der Waals surface area contributed by atoms with Gasteiger partial charge < -0.3 is 14.4 Å². The van der Waals surface area contributed by atoms with E-state index in [4.69, 9.17) is 14.4 Å². The molecule has 3 rings (SSSR count). The largest absolute Gasteiger partial charge is 0.463 e. The molecule has 0 aliphatic heterocycles. The third kappa shape index (κ3) is 8.20. The molecule has 2 aliphatic carbocycles. The summed E-state index contributed by atoms with van der Waals surface area (Å²) in [4.78, 5) is 49.3. The summed E-state index contributed by atoms with van der Waals surface area (Å²) in [6, 6.07) is 7.05. The van der Waals surface area contributed by atoms with Crippen LogP contribution >= 0.6 is 0 Å². The molecule has 0 saturated heterocycles. The summed E-state index contributed by atoms with van der Waals surface area (Å²) in [6.07, 6.45) is 9.53. The van der Waals surface area contributed by atoms with Crippen LogP contribution in [0.4, 0.5) is 0 Å². The number of oxime groups is 1. The van der Waals surface area contributed by atoms with Crippen LogP contribution in [0.1, 0.15) is 96.0 Å². The third-order valence-corrected chi connectivity index (χ3v) is 8.12. The third-order valence-electron chi connectivity index (χ3n) is 8.12. The normalized spacial score (nSPS) is 20.3. The van der Waals surface area contributed by atoms with Gasteiger partial charge in [-0.05, 0) is 73.1 Å². The standard InChI is InChI=1S/C34H46N2O6/c1-8-11-17-28(32(39)40-10-3)41-35-27-21-23(20-26-30(27)34(6,7)19-18-33(26,4)5)22-29(37)36-42-31(38)25-16-13-12-15-24(25)14-9-2/h9,12-13,15-16,20-21,28,30H,2,8,10-11,14,17-19,22H2,1,3-7H3,(H,36,37). The predicted molar refractivity (Wildman–Crippen MR) is 163 cm³/mol. The van der Waals surface area contributed by atoms with E-state index in [0.29, 0.717) is 24.1 Å². The van der Waals surface area contributed by atoms with Crippen LogP contribution in [0.3, 0.4) is 0 Å². The molecule has 2 aliphatic rings. The van der Waals surface area contributed by atoms with Gasteiger partial charge in [0.1, 0.15) is 0 Å². The number of nitrogens with zero attached hydrogens (tertiary/aromatic N) is 1. The summed E-state index contributed by atoms with van der Waals surface area (Å²) in [5.41, 5.74) is 5.78. The van der Waals surface area contributed by atoms with E-state index in [-0.39, 0.29) is 29.8 Å². The van der Waals surface area contributed by atoms with Crippen molar-refractivity contribution in [3.63, 3.8) is 0 Å². The second-order valence-corrected chi connectivity index (χ2v) is 12.4. The summed E-state index contributed by atoms with van der Waals surface area (Å²) in [7, 11) is 0. The molecule has 8 nitrogen and oxygen atoms in total. The van der Waals surface area contributed by atoms with Crippen molar-refractivity contribution in [2.24, 2.45) is 21.9 Å². The number of allylic oxidation sites excluding steroid dienone is 4. The number of hydrogen-bond acceptors (Lipinski definition) is 7. The van der Waals surface area contributed by atoms with Gasteiger partial charge in [-0.2, -0.15) is 5.48 Å². The minimum atomic E-state index is -0.796. The Morgan fingerprint density at radius 1 is 1.12 bits per heavy atom. The van der Waals surface area contributed by atoms with E-state index >= 15 is 0 Å². The molecule has 1 N–H and O–H groups in total. The molecule has 1 fully saturated rings. The van der Waals surface area contributed by atoms with Crippen LogP contribution in [0.5, 0.6) is 0 Å². The highest BCUT2D eigenvalue weighted by Crippen LogP contribution is 2.54. The number of nitrogens with one attached hydrogen (secondary N) is 1. The fraction of sp³-hybridized carbons (Fsp3) is 0.529. The van der Waals surface area contributed by atoms with Crippen LogP contribution in [0, 0.1) is 16.7 Å². The van der Waals surface area contributed by atoms with Crippen LogP contribution < -0.4 is 5.48 Å². The molecular formula is C34H46N2O6. The van der Waals surface area contributed by atoms with Gasteiger partial charge in [-0.3, -0.25) is 4.79 Å². The Bertz CT molecular complexity index is 1260. The molecule has 228 valence electrons. The summed E-state index contributed by atoms with van der Waals surface area (Å²) in [5.74, 6) is -1.57. The lowest BCUT2D eigenvalue weighted by molar-refractivity contribution is -0.157. The SMILES string of the molecule is C=CCc1ccccc1C(=O)ONC(=O)CC1=CC(=NOC(CCCC)C(=O)OCC)C2C(=C1)C(C)(C)CCC2(C)C. The number of amides is 1. The van der Waals surface area contributed by atoms with Crippen LogP contribution in [-0.4, -0.2) is 36.3 Å². The zero-order chi connectivity index (χ0) is 30.9. The first-order chi connectivity index (χ1) is 19.9. The maximum Gasteiger partial charge on any atom is 0.363 e. The number of ether oxygens (including phenoxy) is 1. The van der Waals surface area contributed by atoms with E-state index in [9.17, 15) is 14.4 Å². The van der Waals surface area contributed by atoms with Gasteiger partial charge in [-0.25, -0.2) is 9.59 Å². The van der Waals surface area contributed by atoms with Crippen LogP contribution in [-0.2, 0) is 30.4 Å². The molecule has 0 bridgehead atoms. The molecule has 2 atom stereocenters. The summed E-state index contributed by atoms with van der Waals surface area (Å²) >= 11 is 0. The number of carbonyl (C=O) groups excluding carboxylic acids is 3. The minimum Gasteiger partial charge on any atom is -0.463 e. The zero-order valence-corrected chi connectivity index (χ0v) is 26.0. The predicted octanol–water partition coefficient (Wildman–Crippen LogP) is 6.82. The topological polar surface area (TPSA) is 103 Å². The first-order valence-corrected chi connectivity index (χ1v) is 14.9. The number of rotatable bonds is 12. The summed E-state index contributed by atoms with van der Waals surface area (Å²) in [5, 5.41) is 4.56. The number of carbonyl (C=O) groups is 3. The zero-order valence-electron chi connectivity index (χ0n) is 26.0. The van der Waals surface area contributed by atoms with E-state index in [2.05, 4.69) is 57.9 Å². The fourth-order valence-electron chi connectivity index (χ4n) is 5.66. The number of unbranched alkanes of at least 4 members (excludes halogenated alkanes) is 1. The molecule has 8 heteroatoms. The Morgan fingerprint density at radius 2 is 1.86 bits per heavy atom. The number of benzene rings is 1. The average Bonchev–Trinajstić information content (AvgIpc) is 2.94. The van der Waals surface area contributed by atoms with Gasteiger partial charge >= 0.3 is 11.9 Å². The molecule has 1 saturated carbocycles. The van der Waals surface area contributed by atoms with Gasteiger partial charge in [-0.15, -0.1) is 6.58 Å². The number of fused-ring (bicyclic) bond motifs is 1. The summed E-state index contributed by atoms with van der Waals surface area (Å²) in [6.45, 7) is 16.6. The molecule has 1 amide bonds. The van der Waals surface area contributed by atoms with E-state index in [1.54, 1.807) is 25.1 Å². The lowest BCUT2D eigenvalue weighted by Gasteiger charge is -2.49. The van der Waals surface area contributed by atoms with E-state index < -0.39 is 23.9 Å². The van der Waals surface area contributed by atoms with Crippen molar-refractivity contribution < 1.29 is 28.8 Å². The highest BCUT2D eigenvalue weighted by molar-refractivity contribution is 6.02. The first-order valence-electron chi connectivity index (χ1n) is 14.9. The summed E-state index contributed by atoms with van der Waals surface area (Å²) < 4.78 is 5.24. The molecule has 0 heterocycles. The monoisotopic (exact) mass is 578 g/mol. The molecule has 0 spiro atoms. The second-order valence-electron chi connectivity index (χ2n) is 12.4. The van der Waals surface area contributed by atoms with Crippen molar-refractivity contribution in [3.05, 3.63) is 71.3 Å². The van der Waals surface area contributed by atoms with E-state index in [1.807, 2.05) is 18.2 Å². The molecule has 42 heavy (non-hydrogen) atoms. The first kappa shape index (κ1) is 32.8. The lowest BCUT2D eigenvalue weighted by Crippen LogP contribution is -2.43. The molecule has 2 unspecified atom stereocenters. The Labute approximate surface area is 250 Å². The number of hydrogen-bond donors (Lipinski definition) is 1. The maximum atomic E-state index is 13.0. The quantitative estimate of drug-likeness (QED) is 0.166. The molecule has 0 radical (unpaired) electrons. The van der Waals surface area contributed by atoms with Crippen LogP contribution in [0.25, 0.3) is 0 Å². The Hall–Kier alpha value is -3.68. The van der Waals surface area contributed by atoms with E-state index in [0.717, 1.165) is 36.8 Å². The van der Waals surface area contributed by atoms with Crippen molar-refractivity contribution in [1.82, 2.24) is 5.48 Å². The average molecular weight is 579 g/mol. The molecule has 1 aromatic rings. The Morgan fingerprint density at radius 3 is 2.55 bits per heavy atom. The lowest BCUT2D eigenvalue weighted by atomic mass is 9.55. The van der Waals surface area contributed by atoms with Crippen molar-refractivity contribution in [3.8, 4) is 0 Å². The van der Waals surface area contributed by atoms with Gasteiger partial charge in [0, 0.05) is 5.92 Å².